The smallest absolute Gasteiger partial charge is 0.410 e. The second kappa shape index (κ2) is 9.69. The van der Waals surface area contributed by atoms with Crippen LogP contribution in [0, 0.1) is 5.41 Å². The van der Waals surface area contributed by atoms with Gasteiger partial charge in [0.05, 0.1) is 11.2 Å². The zero-order chi connectivity index (χ0) is 25.3. The summed E-state index contributed by atoms with van der Waals surface area (Å²) in [5.41, 5.74) is 3.81. The van der Waals surface area contributed by atoms with Gasteiger partial charge < -0.3 is 19.1 Å². The molecule has 0 unspecified atom stereocenters. The van der Waals surface area contributed by atoms with E-state index < -0.39 is 5.60 Å². The Labute approximate surface area is 212 Å². The van der Waals surface area contributed by atoms with Gasteiger partial charge in [0.15, 0.2) is 6.79 Å². The van der Waals surface area contributed by atoms with Gasteiger partial charge >= 0.3 is 6.09 Å². The van der Waals surface area contributed by atoms with E-state index in [-0.39, 0.29) is 12.9 Å². The minimum atomic E-state index is -0.451. The molecule has 0 atom stereocenters. The summed E-state index contributed by atoms with van der Waals surface area (Å²) in [4.78, 5) is 14.3. The Bertz CT molecular complexity index is 1240. The minimum absolute atomic E-state index is 0.182. The number of rotatable bonds is 5. The number of benzene rings is 2. The van der Waals surface area contributed by atoms with Gasteiger partial charge in [-0.15, -0.1) is 10.2 Å². The summed E-state index contributed by atoms with van der Waals surface area (Å²) in [5.74, 6) is 1.26. The Morgan fingerprint density at radius 2 is 1.81 bits per heavy atom. The molecule has 0 bridgehead atoms. The molecule has 7 nitrogen and oxygen atoms in total. The van der Waals surface area contributed by atoms with Crippen molar-refractivity contribution in [3.05, 3.63) is 54.1 Å². The van der Waals surface area contributed by atoms with Gasteiger partial charge in [-0.2, -0.15) is 0 Å². The molecule has 190 valence electrons. The van der Waals surface area contributed by atoms with Crippen molar-refractivity contribution in [3.63, 3.8) is 0 Å². The molecule has 1 aromatic heterocycles. The molecule has 1 aliphatic heterocycles. The van der Waals surface area contributed by atoms with Crippen LogP contribution in [0.15, 0.2) is 48.5 Å². The number of aromatic nitrogens is 2. The predicted molar refractivity (Wildman–Crippen MR) is 139 cm³/mol. The number of likely N-dealkylation sites (tertiary alicyclic amines) is 1. The van der Waals surface area contributed by atoms with Crippen molar-refractivity contribution in [1.29, 1.82) is 0 Å². The summed E-state index contributed by atoms with van der Waals surface area (Å²) >= 11 is 0. The van der Waals surface area contributed by atoms with Gasteiger partial charge in [-0.25, -0.2) is 4.79 Å². The number of amides is 1. The van der Waals surface area contributed by atoms with Gasteiger partial charge in [-0.05, 0) is 93.7 Å². The lowest BCUT2D eigenvalue weighted by Gasteiger charge is -2.52. The fourth-order valence-corrected chi connectivity index (χ4v) is 5.50. The van der Waals surface area contributed by atoms with Crippen molar-refractivity contribution in [2.45, 2.75) is 58.0 Å². The van der Waals surface area contributed by atoms with Gasteiger partial charge in [0.25, 0.3) is 0 Å². The summed E-state index contributed by atoms with van der Waals surface area (Å²) in [6, 6.07) is 16.4. The standard InChI is InChI=1S/C29H35N3O4/c1-28(2,3)36-27(33)32-13-11-29(12-14-32)17-22(18-29)20-9-10-24-21(15-20)16-25(31-30-24)23-7-5-6-8-26(23)35-19-34-4/h5-10,15-16,22H,11-14,17-19H2,1-4H3. The van der Waals surface area contributed by atoms with E-state index in [1.165, 1.54) is 18.4 Å². The average Bonchev–Trinajstić information content (AvgIpc) is 2.84. The molecule has 1 amide bonds. The van der Waals surface area contributed by atoms with Crippen LogP contribution in [-0.2, 0) is 9.47 Å². The summed E-state index contributed by atoms with van der Waals surface area (Å²) in [6.07, 6.45) is 4.24. The van der Waals surface area contributed by atoms with Crippen molar-refractivity contribution in [2.24, 2.45) is 5.41 Å². The number of carbonyl (C=O) groups is 1. The first-order chi connectivity index (χ1) is 17.3. The fraction of sp³-hybridized carbons (Fsp3) is 0.483. The fourth-order valence-electron chi connectivity index (χ4n) is 5.50. The van der Waals surface area contributed by atoms with Crippen LogP contribution in [0.25, 0.3) is 22.2 Å². The molecule has 1 spiro atoms. The zero-order valence-electron chi connectivity index (χ0n) is 21.6. The van der Waals surface area contributed by atoms with E-state index in [0.717, 1.165) is 53.8 Å². The molecule has 36 heavy (non-hydrogen) atoms. The molecule has 3 aromatic rings. The van der Waals surface area contributed by atoms with E-state index in [9.17, 15) is 4.79 Å². The highest BCUT2D eigenvalue weighted by Crippen LogP contribution is 2.56. The molecule has 0 radical (unpaired) electrons. The Morgan fingerprint density at radius 1 is 1.06 bits per heavy atom. The number of methoxy groups -OCH3 is 1. The third-order valence-electron chi connectivity index (χ3n) is 7.41. The van der Waals surface area contributed by atoms with Gasteiger partial charge in [0.2, 0.25) is 0 Å². The molecule has 7 heteroatoms. The summed E-state index contributed by atoms with van der Waals surface area (Å²) in [5, 5.41) is 10.0. The van der Waals surface area contributed by atoms with E-state index in [0.29, 0.717) is 11.3 Å². The summed E-state index contributed by atoms with van der Waals surface area (Å²) in [6.45, 7) is 7.49. The maximum absolute atomic E-state index is 12.4. The number of nitrogens with zero attached hydrogens (tertiary/aromatic N) is 3. The van der Waals surface area contributed by atoms with Crippen LogP contribution >= 0.6 is 0 Å². The van der Waals surface area contributed by atoms with E-state index in [1.807, 2.05) is 49.9 Å². The zero-order valence-corrected chi connectivity index (χ0v) is 21.6. The van der Waals surface area contributed by atoms with Crippen LogP contribution in [0.5, 0.6) is 5.75 Å². The third-order valence-corrected chi connectivity index (χ3v) is 7.41. The highest BCUT2D eigenvalue weighted by Gasteiger charge is 2.47. The monoisotopic (exact) mass is 489 g/mol. The average molecular weight is 490 g/mol. The Balaban J connectivity index is 1.27. The first-order valence-electron chi connectivity index (χ1n) is 12.7. The van der Waals surface area contributed by atoms with Crippen LogP contribution < -0.4 is 4.74 Å². The molecule has 2 fully saturated rings. The van der Waals surface area contributed by atoms with Crippen LogP contribution in [-0.4, -0.2) is 53.8 Å². The van der Waals surface area contributed by atoms with Crippen LogP contribution in [0.4, 0.5) is 4.79 Å². The topological polar surface area (TPSA) is 73.8 Å². The molecule has 1 saturated heterocycles. The molecule has 2 heterocycles. The SMILES string of the molecule is COCOc1ccccc1-c1cc2cc(C3CC4(CCN(C(=O)OC(C)(C)C)CC4)C3)ccc2nn1. The number of para-hydroxylation sites is 1. The number of piperidine rings is 1. The molecule has 1 aliphatic carbocycles. The van der Waals surface area contributed by atoms with Crippen LogP contribution in [0.3, 0.4) is 0 Å². The summed E-state index contributed by atoms with van der Waals surface area (Å²) in [7, 11) is 1.61. The molecule has 2 aliphatic rings. The molecule has 5 rings (SSSR count). The minimum Gasteiger partial charge on any atom is -0.467 e. The number of carbonyl (C=O) groups excluding carboxylic acids is 1. The van der Waals surface area contributed by atoms with E-state index in [4.69, 9.17) is 14.2 Å². The highest BCUT2D eigenvalue weighted by molar-refractivity contribution is 5.83. The summed E-state index contributed by atoms with van der Waals surface area (Å²) < 4.78 is 16.4. The lowest BCUT2D eigenvalue weighted by atomic mass is 9.56. The van der Waals surface area contributed by atoms with Crippen molar-refractivity contribution in [1.82, 2.24) is 15.1 Å². The third kappa shape index (κ3) is 5.16. The van der Waals surface area contributed by atoms with Crippen molar-refractivity contribution >= 4 is 17.0 Å². The van der Waals surface area contributed by atoms with Crippen LogP contribution in [0.2, 0.25) is 0 Å². The second-order valence-corrected chi connectivity index (χ2v) is 11.2. The normalized spacial score (nSPS) is 17.7. The van der Waals surface area contributed by atoms with Crippen LogP contribution in [0.1, 0.15) is 57.9 Å². The maximum Gasteiger partial charge on any atom is 0.410 e. The first kappa shape index (κ1) is 24.5. The quantitative estimate of drug-likeness (QED) is 0.399. The number of fused-ring (bicyclic) bond motifs is 1. The number of hydrogen-bond donors (Lipinski definition) is 0. The number of ether oxygens (including phenoxy) is 3. The van der Waals surface area contributed by atoms with Crippen molar-refractivity contribution in [3.8, 4) is 17.0 Å². The van der Waals surface area contributed by atoms with Gasteiger partial charge in [-0.1, -0.05) is 18.2 Å². The molecule has 2 aromatic carbocycles. The molecular formula is C29H35N3O4. The largest absolute Gasteiger partial charge is 0.467 e. The highest BCUT2D eigenvalue weighted by atomic mass is 16.7. The Hall–Kier alpha value is -3.19. The van der Waals surface area contributed by atoms with Gasteiger partial charge in [0.1, 0.15) is 11.4 Å². The predicted octanol–water partition coefficient (Wildman–Crippen LogP) is 6.17. The van der Waals surface area contributed by atoms with E-state index >= 15 is 0 Å². The molecular weight excluding hydrogens is 454 g/mol. The Kier molecular flexibility index (Phi) is 6.60. The molecule has 0 N–H and O–H groups in total. The second-order valence-electron chi connectivity index (χ2n) is 11.2. The van der Waals surface area contributed by atoms with E-state index in [2.05, 4.69) is 34.5 Å². The lowest BCUT2D eigenvalue weighted by Crippen LogP contribution is -2.49. The van der Waals surface area contributed by atoms with Crippen molar-refractivity contribution < 1.29 is 19.0 Å². The van der Waals surface area contributed by atoms with E-state index in [1.54, 1.807) is 7.11 Å². The van der Waals surface area contributed by atoms with Crippen molar-refractivity contribution in [2.75, 3.05) is 27.0 Å². The number of hydrogen-bond acceptors (Lipinski definition) is 6. The maximum atomic E-state index is 12.4. The lowest BCUT2D eigenvalue weighted by molar-refractivity contribution is -0.0121. The molecule has 1 saturated carbocycles. The van der Waals surface area contributed by atoms with Gasteiger partial charge in [0, 0.05) is 31.1 Å². The Morgan fingerprint density at radius 3 is 2.53 bits per heavy atom. The van der Waals surface area contributed by atoms with Gasteiger partial charge in [-0.3, -0.25) is 0 Å². The first-order valence-corrected chi connectivity index (χ1v) is 12.7.